The number of fused-ring (bicyclic) bond motifs is 1. The molecule has 15 heavy (non-hydrogen) atoms. The fourth-order valence-corrected chi connectivity index (χ4v) is 2.23. The van der Waals surface area contributed by atoms with E-state index in [2.05, 4.69) is 57.2 Å². The van der Waals surface area contributed by atoms with Gasteiger partial charge in [0.05, 0.1) is 0 Å². The Hall–Kier alpha value is -1.30. The van der Waals surface area contributed by atoms with Gasteiger partial charge in [-0.2, -0.15) is 0 Å². The molecular weight excluding hydrogens is 180 g/mol. The van der Waals surface area contributed by atoms with E-state index in [1.807, 2.05) is 0 Å². The molecule has 0 aliphatic carbocycles. The zero-order valence-corrected chi connectivity index (χ0v) is 9.75. The predicted molar refractivity (Wildman–Crippen MR) is 67.2 cm³/mol. The van der Waals surface area contributed by atoms with Crippen molar-refractivity contribution in [3.8, 4) is 0 Å². The molecule has 0 saturated carbocycles. The second-order valence-electron chi connectivity index (χ2n) is 4.69. The summed E-state index contributed by atoms with van der Waals surface area (Å²) in [5.41, 5.74) is 2.88. The number of rotatable bonds is 2. The summed E-state index contributed by atoms with van der Waals surface area (Å²) in [5, 5.41) is 2.82. The molecule has 0 nitrogen and oxygen atoms in total. The Bertz CT molecular complexity index is 461. The topological polar surface area (TPSA) is 0 Å². The van der Waals surface area contributed by atoms with Crippen LogP contribution in [0.25, 0.3) is 10.8 Å². The fraction of sp³-hybridized carbons (Fsp3) is 0.333. The Morgan fingerprint density at radius 2 is 1.67 bits per heavy atom. The third-order valence-electron chi connectivity index (χ3n) is 2.83. The Labute approximate surface area is 91.9 Å². The zero-order valence-electron chi connectivity index (χ0n) is 9.75. The van der Waals surface area contributed by atoms with Crippen LogP contribution in [0.1, 0.15) is 25.0 Å². The lowest BCUT2D eigenvalue weighted by Crippen LogP contribution is -1.96. The van der Waals surface area contributed by atoms with Gasteiger partial charge in [-0.3, -0.25) is 0 Å². The lowest BCUT2D eigenvalue weighted by Gasteiger charge is -2.11. The van der Waals surface area contributed by atoms with Crippen molar-refractivity contribution in [2.24, 2.45) is 5.92 Å². The van der Waals surface area contributed by atoms with Crippen LogP contribution in [-0.4, -0.2) is 0 Å². The van der Waals surface area contributed by atoms with Crippen LogP contribution in [-0.2, 0) is 6.42 Å². The maximum absolute atomic E-state index is 2.27. The standard InChI is InChI=1S/C15H18/c1-11(2)10-14-9-5-8-13-7-4-6-12(3)15(13)14/h4-9,11H,10H2,1-3H3. The normalized spacial score (nSPS) is 11.2. The Morgan fingerprint density at radius 1 is 1.00 bits per heavy atom. The molecule has 0 aliphatic rings. The summed E-state index contributed by atoms with van der Waals surface area (Å²) >= 11 is 0. The molecule has 0 bridgehead atoms. The van der Waals surface area contributed by atoms with Gasteiger partial charge in [0, 0.05) is 0 Å². The first-order valence-electron chi connectivity index (χ1n) is 5.65. The third kappa shape index (κ3) is 2.04. The quantitative estimate of drug-likeness (QED) is 0.673. The Morgan fingerprint density at radius 3 is 2.33 bits per heavy atom. The van der Waals surface area contributed by atoms with Gasteiger partial charge in [-0.05, 0) is 41.2 Å². The predicted octanol–water partition coefficient (Wildman–Crippen LogP) is 4.35. The molecule has 0 spiro atoms. The molecule has 0 fully saturated rings. The van der Waals surface area contributed by atoms with Crippen molar-refractivity contribution in [3.05, 3.63) is 47.5 Å². The van der Waals surface area contributed by atoms with Crippen LogP contribution in [0.3, 0.4) is 0 Å². The fourth-order valence-electron chi connectivity index (χ4n) is 2.23. The van der Waals surface area contributed by atoms with E-state index in [0.717, 1.165) is 5.92 Å². The van der Waals surface area contributed by atoms with Gasteiger partial charge in [-0.1, -0.05) is 50.2 Å². The number of hydrogen-bond acceptors (Lipinski definition) is 0. The summed E-state index contributed by atoms with van der Waals surface area (Å²) < 4.78 is 0. The van der Waals surface area contributed by atoms with Gasteiger partial charge in [0.15, 0.2) is 0 Å². The van der Waals surface area contributed by atoms with Crippen LogP contribution in [0.5, 0.6) is 0 Å². The van der Waals surface area contributed by atoms with E-state index in [0.29, 0.717) is 0 Å². The monoisotopic (exact) mass is 198 g/mol. The molecule has 0 saturated heterocycles. The number of aryl methyl sites for hydroxylation is 1. The summed E-state index contributed by atoms with van der Waals surface area (Å²) in [5.74, 6) is 0.718. The first-order valence-corrected chi connectivity index (χ1v) is 5.65. The van der Waals surface area contributed by atoms with E-state index in [-0.39, 0.29) is 0 Å². The summed E-state index contributed by atoms with van der Waals surface area (Å²) in [6.07, 6.45) is 1.17. The zero-order chi connectivity index (χ0) is 10.8. The summed E-state index contributed by atoms with van der Waals surface area (Å²) in [6.45, 7) is 6.75. The van der Waals surface area contributed by atoms with Crippen LogP contribution >= 0.6 is 0 Å². The van der Waals surface area contributed by atoms with Crippen molar-refractivity contribution in [2.45, 2.75) is 27.2 Å². The molecular formula is C15H18. The first-order chi connectivity index (χ1) is 7.18. The lowest BCUT2D eigenvalue weighted by molar-refractivity contribution is 0.650. The highest BCUT2D eigenvalue weighted by Gasteiger charge is 2.04. The van der Waals surface area contributed by atoms with Crippen LogP contribution in [0.15, 0.2) is 36.4 Å². The average Bonchev–Trinajstić information content (AvgIpc) is 2.17. The Kier molecular flexibility index (Phi) is 2.77. The smallest absolute Gasteiger partial charge is 0.0123 e. The van der Waals surface area contributed by atoms with Gasteiger partial charge in [0.25, 0.3) is 0 Å². The molecule has 2 aromatic rings. The van der Waals surface area contributed by atoms with Crippen molar-refractivity contribution < 1.29 is 0 Å². The molecule has 0 radical (unpaired) electrons. The highest BCUT2D eigenvalue weighted by molar-refractivity contribution is 5.88. The van der Waals surface area contributed by atoms with Gasteiger partial charge in [0.1, 0.15) is 0 Å². The largest absolute Gasteiger partial charge is 0.0625 e. The molecule has 0 atom stereocenters. The van der Waals surface area contributed by atoms with Crippen molar-refractivity contribution in [1.29, 1.82) is 0 Å². The average molecular weight is 198 g/mol. The molecule has 0 aliphatic heterocycles. The van der Waals surface area contributed by atoms with Gasteiger partial charge < -0.3 is 0 Å². The maximum Gasteiger partial charge on any atom is -0.0123 e. The van der Waals surface area contributed by atoms with Gasteiger partial charge in [-0.15, -0.1) is 0 Å². The third-order valence-corrected chi connectivity index (χ3v) is 2.83. The minimum absolute atomic E-state index is 0.718. The molecule has 0 heteroatoms. The summed E-state index contributed by atoms with van der Waals surface area (Å²) in [7, 11) is 0. The van der Waals surface area contributed by atoms with E-state index in [4.69, 9.17) is 0 Å². The second kappa shape index (κ2) is 4.06. The highest BCUT2D eigenvalue weighted by Crippen LogP contribution is 2.24. The van der Waals surface area contributed by atoms with E-state index >= 15 is 0 Å². The van der Waals surface area contributed by atoms with Gasteiger partial charge >= 0.3 is 0 Å². The maximum atomic E-state index is 2.27. The van der Waals surface area contributed by atoms with Crippen molar-refractivity contribution in [1.82, 2.24) is 0 Å². The number of hydrogen-bond donors (Lipinski definition) is 0. The molecule has 0 N–H and O–H groups in total. The number of benzene rings is 2. The molecule has 0 aromatic heterocycles. The first kappa shape index (κ1) is 10.2. The van der Waals surface area contributed by atoms with E-state index in [1.165, 1.54) is 28.3 Å². The summed E-state index contributed by atoms with van der Waals surface area (Å²) in [4.78, 5) is 0. The lowest BCUT2D eigenvalue weighted by atomic mass is 9.94. The summed E-state index contributed by atoms with van der Waals surface area (Å²) in [6, 6.07) is 13.2. The van der Waals surface area contributed by atoms with Crippen LogP contribution < -0.4 is 0 Å². The molecule has 78 valence electrons. The highest BCUT2D eigenvalue weighted by atomic mass is 14.1. The van der Waals surface area contributed by atoms with Crippen LogP contribution in [0.2, 0.25) is 0 Å². The van der Waals surface area contributed by atoms with Gasteiger partial charge in [-0.25, -0.2) is 0 Å². The van der Waals surface area contributed by atoms with E-state index in [1.54, 1.807) is 0 Å². The van der Waals surface area contributed by atoms with E-state index < -0.39 is 0 Å². The van der Waals surface area contributed by atoms with Crippen LogP contribution in [0, 0.1) is 12.8 Å². The molecule has 2 aromatic carbocycles. The SMILES string of the molecule is Cc1cccc2cccc(CC(C)C)c12. The molecule has 0 heterocycles. The molecule has 2 rings (SSSR count). The van der Waals surface area contributed by atoms with Crippen molar-refractivity contribution >= 4 is 10.8 Å². The van der Waals surface area contributed by atoms with Gasteiger partial charge in [0.2, 0.25) is 0 Å². The molecule has 0 unspecified atom stereocenters. The minimum Gasteiger partial charge on any atom is -0.0625 e. The van der Waals surface area contributed by atoms with Crippen LogP contribution in [0.4, 0.5) is 0 Å². The van der Waals surface area contributed by atoms with E-state index in [9.17, 15) is 0 Å². The van der Waals surface area contributed by atoms with Crippen molar-refractivity contribution in [2.75, 3.05) is 0 Å². The van der Waals surface area contributed by atoms with Crippen molar-refractivity contribution in [3.63, 3.8) is 0 Å². The Balaban J connectivity index is 2.63. The second-order valence-corrected chi connectivity index (χ2v) is 4.69. The molecule has 0 amide bonds. The minimum atomic E-state index is 0.718.